The van der Waals surface area contributed by atoms with Crippen LogP contribution >= 0.6 is 0 Å². The van der Waals surface area contributed by atoms with E-state index in [-0.39, 0.29) is 28.4 Å². The number of aliphatic hydroxyl groups is 2. The summed E-state index contributed by atoms with van der Waals surface area (Å²) in [6.45, 7) is 6.69. The van der Waals surface area contributed by atoms with Gasteiger partial charge >= 0.3 is 0 Å². The van der Waals surface area contributed by atoms with E-state index in [9.17, 15) is 27.4 Å². The smallest absolute Gasteiger partial charge is 0.243 e. The number of hydrogen-bond donors (Lipinski definition) is 2. The molecule has 1 aliphatic rings. The zero-order valence-electron chi connectivity index (χ0n) is 15.3. The first kappa shape index (κ1) is 21.1. The highest BCUT2D eigenvalue weighted by atomic mass is 32.2. The number of ether oxygens (including phenoxy) is 1. The molecule has 0 amide bonds. The summed E-state index contributed by atoms with van der Waals surface area (Å²) in [5.41, 5.74) is -1.89. The number of nitrogens with zero attached hydrogens (tertiary/aromatic N) is 2. The lowest BCUT2D eigenvalue weighted by Crippen LogP contribution is -2.48. The van der Waals surface area contributed by atoms with Crippen molar-refractivity contribution in [3.63, 3.8) is 0 Å². The van der Waals surface area contributed by atoms with Crippen LogP contribution in [-0.2, 0) is 10.0 Å². The molecule has 7 nitrogen and oxygen atoms in total. The van der Waals surface area contributed by atoms with Crippen LogP contribution in [0.15, 0.2) is 41.3 Å². The summed E-state index contributed by atoms with van der Waals surface area (Å²) in [4.78, 5) is 2.69. The Labute approximate surface area is 166 Å². The van der Waals surface area contributed by atoms with Crippen molar-refractivity contribution in [2.45, 2.75) is 23.5 Å². The van der Waals surface area contributed by atoms with E-state index >= 15 is 0 Å². The van der Waals surface area contributed by atoms with Crippen LogP contribution in [0.25, 0.3) is 4.85 Å². The fraction of sp³-hybridized carbons (Fsp3) is 0.316. The topological polar surface area (TPSA) is 91.4 Å². The standard InChI is InChI=1S/C19H18F2N2O5S/c1-12-3-5-14(8-15(12)20)29(26,27)23-9-18(19(25,10-23)11-24)28-13-4-6-17(22-2)16(21)7-13/h3-8,18,24-25H,9-11H2,1H3/t18-,19+/m0/s1. The van der Waals surface area contributed by atoms with Gasteiger partial charge in [0.1, 0.15) is 29.1 Å². The van der Waals surface area contributed by atoms with E-state index in [0.29, 0.717) is 0 Å². The minimum absolute atomic E-state index is 0.0348. The molecule has 1 saturated heterocycles. The Hall–Kier alpha value is -2.58. The summed E-state index contributed by atoms with van der Waals surface area (Å²) in [7, 11) is -4.17. The molecule has 3 rings (SSSR count). The fourth-order valence-electron chi connectivity index (χ4n) is 3.01. The number of halogens is 2. The summed E-state index contributed by atoms with van der Waals surface area (Å²) < 4.78 is 59.8. The molecule has 0 aliphatic carbocycles. The van der Waals surface area contributed by atoms with Gasteiger partial charge in [0.15, 0.2) is 0 Å². The van der Waals surface area contributed by atoms with Crippen LogP contribution in [0.1, 0.15) is 5.56 Å². The summed E-state index contributed by atoms with van der Waals surface area (Å²) in [5, 5.41) is 20.3. The highest BCUT2D eigenvalue weighted by Gasteiger charge is 2.50. The lowest BCUT2D eigenvalue weighted by molar-refractivity contribution is -0.0641. The van der Waals surface area contributed by atoms with Crippen molar-refractivity contribution in [2.75, 3.05) is 19.7 Å². The van der Waals surface area contributed by atoms with Crippen molar-refractivity contribution in [2.24, 2.45) is 0 Å². The molecule has 154 valence electrons. The van der Waals surface area contributed by atoms with Gasteiger partial charge in [-0.05, 0) is 36.8 Å². The van der Waals surface area contributed by atoms with Crippen molar-refractivity contribution in [3.8, 4) is 5.75 Å². The van der Waals surface area contributed by atoms with Gasteiger partial charge in [0.2, 0.25) is 15.7 Å². The summed E-state index contributed by atoms with van der Waals surface area (Å²) in [6.07, 6.45) is -1.21. The van der Waals surface area contributed by atoms with Gasteiger partial charge in [-0.25, -0.2) is 22.0 Å². The van der Waals surface area contributed by atoms with E-state index in [1.54, 1.807) is 0 Å². The van der Waals surface area contributed by atoms with E-state index in [4.69, 9.17) is 11.3 Å². The number of benzene rings is 2. The largest absolute Gasteiger partial charge is 0.486 e. The lowest BCUT2D eigenvalue weighted by Gasteiger charge is -2.27. The maximum Gasteiger partial charge on any atom is 0.243 e. The highest BCUT2D eigenvalue weighted by molar-refractivity contribution is 7.89. The predicted octanol–water partition coefficient (Wildman–Crippen LogP) is 2.00. The summed E-state index contributed by atoms with van der Waals surface area (Å²) in [5.74, 6) is -1.55. The summed E-state index contributed by atoms with van der Waals surface area (Å²) in [6, 6.07) is 6.90. The molecule has 2 atom stereocenters. The molecule has 0 saturated carbocycles. The summed E-state index contributed by atoms with van der Waals surface area (Å²) >= 11 is 0. The molecule has 2 N–H and O–H groups in total. The second-order valence-corrected chi connectivity index (χ2v) is 8.74. The zero-order chi connectivity index (χ0) is 21.4. The first-order chi connectivity index (χ1) is 13.6. The number of aryl methyl sites for hydroxylation is 1. The van der Waals surface area contributed by atoms with Crippen LogP contribution in [0.5, 0.6) is 5.75 Å². The Morgan fingerprint density at radius 3 is 2.59 bits per heavy atom. The maximum absolute atomic E-state index is 13.8. The molecule has 29 heavy (non-hydrogen) atoms. The minimum Gasteiger partial charge on any atom is -0.486 e. The Balaban J connectivity index is 1.88. The third kappa shape index (κ3) is 3.95. The van der Waals surface area contributed by atoms with Gasteiger partial charge in [0.05, 0.1) is 24.6 Å². The molecule has 1 aliphatic heterocycles. The van der Waals surface area contributed by atoms with Crippen LogP contribution in [0.2, 0.25) is 0 Å². The van der Waals surface area contributed by atoms with Gasteiger partial charge in [-0.2, -0.15) is 4.31 Å². The third-order valence-corrected chi connectivity index (χ3v) is 6.60. The molecule has 10 heteroatoms. The van der Waals surface area contributed by atoms with Crippen LogP contribution in [0.4, 0.5) is 14.5 Å². The molecule has 1 heterocycles. The fourth-order valence-corrected chi connectivity index (χ4v) is 4.52. The van der Waals surface area contributed by atoms with Gasteiger partial charge in [-0.3, -0.25) is 0 Å². The molecule has 0 bridgehead atoms. The normalized spacial score (nSPS) is 22.4. The number of aliphatic hydroxyl groups excluding tert-OH is 1. The second kappa shape index (κ2) is 7.68. The Morgan fingerprint density at radius 1 is 1.28 bits per heavy atom. The van der Waals surface area contributed by atoms with E-state index in [2.05, 4.69) is 4.85 Å². The molecule has 0 spiro atoms. The molecule has 0 unspecified atom stereocenters. The first-order valence-corrected chi connectivity index (χ1v) is 9.98. The number of rotatable bonds is 5. The van der Waals surface area contributed by atoms with E-state index in [1.807, 2.05) is 0 Å². The quantitative estimate of drug-likeness (QED) is 0.717. The zero-order valence-corrected chi connectivity index (χ0v) is 16.2. The van der Waals surface area contributed by atoms with Gasteiger partial charge < -0.3 is 14.9 Å². The molecule has 1 fully saturated rings. The van der Waals surface area contributed by atoms with E-state index in [0.717, 1.165) is 16.4 Å². The van der Waals surface area contributed by atoms with Crippen molar-refractivity contribution in [1.82, 2.24) is 4.31 Å². The Bertz CT molecular complexity index is 1090. The number of β-amino-alcohol motifs (C(OH)–C–C–N with tert-alkyl or cyclic N) is 1. The van der Waals surface area contributed by atoms with Crippen molar-refractivity contribution >= 4 is 15.7 Å². The maximum atomic E-state index is 13.8. The van der Waals surface area contributed by atoms with Crippen molar-refractivity contribution in [3.05, 3.63) is 65.0 Å². The van der Waals surface area contributed by atoms with Crippen LogP contribution in [-0.4, -0.2) is 54.3 Å². The van der Waals surface area contributed by atoms with Gasteiger partial charge in [0, 0.05) is 12.6 Å². The van der Waals surface area contributed by atoms with Gasteiger partial charge in [-0.1, -0.05) is 6.07 Å². The van der Waals surface area contributed by atoms with Crippen LogP contribution in [0.3, 0.4) is 0 Å². The molecule has 2 aromatic rings. The predicted molar refractivity (Wildman–Crippen MR) is 99.0 cm³/mol. The minimum atomic E-state index is -4.17. The average Bonchev–Trinajstić information content (AvgIpc) is 3.02. The van der Waals surface area contributed by atoms with Crippen molar-refractivity contribution in [1.29, 1.82) is 0 Å². The van der Waals surface area contributed by atoms with E-state index in [1.165, 1.54) is 31.2 Å². The number of sulfonamides is 1. The van der Waals surface area contributed by atoms with E-state index < -0.39 is 46.5 Å². The van der Waals surface area contributed by atoms with Gasteiger partial charge in [0.25, 0.3) is 0 Å². The van der Waals surface area contributed by atoms with Gasteiger partial charge in [-0.15, -0.1) is 0 Å². The molecule has 2 aromatic carbocycles. The molecular formula is C19H18F2N2O5S. The molecule has 0 aromatic heterocycles. The SMILES string of the molecule is [C-]#[N+]c1ccc(O[C@H]2CN(S(=O)(=O)c3ccc(C)c(F)c3)C[C@@]2(O)CO)cc1F. The second-order valence-electron chi connectivity index (χ2n) is 6.80. The first-order valence-electron chi connectivity index (χ1n) is 8.54. The molecule has 0 radical (unpaired) electrons. The third-order valence-electron chi connectivity index (χ3n) is 4.79. The lowest BCUT2D eigenvalue weighted by atomic mass is 10.0. The Morgan fingerprint density at radius 2 is 2.00 bits per heavy atom. The number of hydrogen-bond acceptors (Lipinski definition) is 5. The van der Waals surface area contributed by atoms with Crippen molar-refractivity contribution < 1.29 is 32.1 Å². The average molecular weight is 424 g/mol. The monoisotopic (exact) mass is 424 g/mol. The Kier molecular flexibility index (Phi) is 5.60. The highest BCUT2D eigenvalue weighted by Crippen LogP contribution is 2.32. The van der Waals surface area contributed by atoms with Crippen LogP contribution in [0, 0.1) is 25.1 Å². The van der Waals surface area contributed by atoms with Crippen LogP contribution < -0.4 is 4.74 Å². The molecular weight excluding hydrogens is 406 g/mol.